The van der Waals surface area contributed by atoms with Crippen LogP contribution in [-0.2, 0) is 16.1 Å². The van der Waals surface area contributed by atoms with Gasteiger partial charge in [0.05, 0.1) is 5.69 Å². The maximum absolute atomic E-state index is 12.7. The summed E-state index contributed by atoms with van der Waals surface area (Å²) < 4.78 is 1.06. The molecule has 29 heavy (non-hydrogen) atoms. The van der Waals surface area contributed by atoms with Crippen LogP contribution in [0.5, 0.6) is 0 Å². The molecule has 0 aliphatic rings. The smallest absolute Gasteiger partial charge is 0.291 e. The molecule has 1 aromatic heterocycles. The lowest BCUT2D eigenvalue weighted by atomic mass is 10.1. The highest BCUT2D eigenvalue weighted by Gasteiger charge is 2.14. The molecule has 2 N–H and O–H groups in total. The van der Waals surface area contributed by atoms with Gasteiger partial charge in [-0.2, -0.15) is 5.10 Å². The number of aromatic nitrogens is 2. The molecular weight excluding hydrogens is 368 g/mol. The number of aryl methyl sites for hydroxylation is 2. The molecule has 0 aliphatic carbocycles. The van der Waals surface area contributed by atoms with E-state index in [1.54, 1.807) is 0 Å². The fraction of sp³-hybridized carbons (Fsp3) is 0.182. The highest BCUT2D eigenvalue weighted by atomic mass is 16.2. The van der Waals surface area contributed by atoms with Gasteiger partial charge in [-0.3, -0.25) is 14.4 Å². The number of carbonyl (C=O) groups excluding carboxylic acids is 2. The van der Waals surface area contributed by atoms with E-state index in [-0.39, 0.29) is 24.0 Å². The molecule has 0 bridgehead atoms. The van der Waals surface area contributed by atoms with Crippen molar-refractivity contribution in [2.45, 2.75) is 27.3 Å². The van der Waals surface area contributed by atoms with Crippen molar-refractivity contribution < 1.29 is 9.59 Å². The average Bonchev–Trinajstić information content (AvgIpc) is 2.64. The van der Waals surface area contributed by atoms with Crippen molar-refractivity contribution in [2.75, 3.05) is 10.6 Å². The van der Waals surface area contributed by atoms with Crippen LogP contribution >= 0.6 is 0 Å². The molecule has 3 rings (SSSR count). The Bertz CT molecular complexity index is 1100. The third kappa shape index (κ3) is 5.16. The van der Waals surface area contributed by atoms with Crippen molar-refractivity contribution in [1.29, 1.82) is 0 Å². The van der Waals surface area contributed by atoms with Crippen molar-refractivity contribution >= 4 is 23.2 Å². The first-order valence-electron chi connectivity index (χ1n) is 9.15. The first-order chi connectivity index (χ1) is 13.8. The summed E-state index contributed by atoms with van der Waals surface area (Å²) in [6, 6.07) is 16.4. The van der Waals surface area contributed by atoms with E-state index in [4.69, 9.17) is 0 Å². The summed E-state index contributed by atoms with van der Waals surface area (Å²) in [5, 5.41) is 9.63. The average molecular weight is 390 g/mol. The predicted octanol–water partition coefficient (Wildman–Crippen LogP) is 3.12. The third-order valence-corrected chi connectivity index (χ3v) is 4.15. The zero-order valence-corrected chi connectivity index (χ0v) is 16.5. The molecule has 1 heterocycles. The number of anilines is 2. The maximum atomic E-state index is 12.7. The molecule has 0 spiro atoms. The summed E-state index contributed by atoms with van der Waals surface area (Å²) in [4.78, 5) is 36.7. The van der Waals surface area contributed by atoms with Gasteiger partial charge in [-0.15, -0.1) is 0 Å². The van der Waals surface area contributed by atoms with E-state index in [9.17, 15) is 14.4 Å². The van der Waals surface area contributed by atoms with E-state index >= 15 is 0 Å². The fourth-order valence-electron chi connectivity index (χ4n) is 3.06. The van der Waals surface area contributed by atoms with E-state index in [0.717, 1.165) is 21.4 Å². The number of nitrogens with zero attached hydrogens (tertiary/aromatic N) is 2. The molecule has 2 aromatic carbocycles. The molecule has 7 nitrogen and oxygen atoms in total. The molecule has 0 radical (unpaired) electrons. The Balaban J connectivity index is 1.93. The molecule has 2 amide bonds. The van der Waals surface area contributed by atoms with Crippen LogP contribution in [0.4, 0.5) is 11.4 Å². The molecule has 7 heteroatoms. The van der Waals surface area contributed by atoms with Crippen LogP contribution in [0, 0.1) is 13.8 Å². The summed E-state index contributed by atoms with van der Waals surface area (Å²) in [5.74, 6) is -0.762. The van der Waals surface area contributed by atoms with E-state index in [1.807, 2.05) is 62.4 Å². The molecule has 0 atom stereocenters. The largest absolute Gasteiger partial charge is 0.324 e. The minimum Gasteiger partial charge on any atom is -0.324 e. The van der Waals surface area contributed by atoms with Crippen LogP contribution in [-0.4, -0.2) is 21.6 Å². The van der Waals surface area contributed by atoms with Crippen LogP contribution in [0.2, 0.25) is 0 Å². The monoisotopic (exact) mass is 390 g/mol. The van der Waals surface area contributed by atoms with Gasteiger partial charge in [0.25, 0.3) is 5.56 Å². The normalized spacial score (nSPS) is 10.4. The lowest BCUT2D eigenvalue weighted by molar-refractivity contribution is -0.117. The number of amides is 2. The zero-order chi connectivity index (χ0) is 21.0. The Kier molecular flexibility index (Phi) is 5.87. The quantitative estimate of drug-likeness (QED) is 0.700. The minimum atomic E-state index is -0.546. The second-order valence-electron chi connectivity index (χ2n) is 6.88. The zero-order valence-electron chi connectivity index (χ0n) is 16.5. The summed E-state index contributed by atoms with van der Waals surface area (Å²) in [7, 11) is 0. The van der Waals surface area contributed by atoms with E-state index < -0.39 is 5.56 Å². The summed E-state index contributed by atoms with van der Waals surface area (Å²) in [5.41, 5.74) is 3.47. The van der Waals surface area contributed by atoms with Crippen molar-refractivity contribution in [3.63, 3.8) is 0 Å². The van der Waals surface area contributed by atoms with E-state index in [0.29, 0.717) is 11.4 Å². The van der Waals surface area contributed by atoms with E-state index in [2.05, 4.69) is 15.7 Å². The third-order valence-electron chi connectivity index (χ3n) is 4.15. The van der Waals surface area contributed by atoms with Crippen LogP contribution in [0.3, 0.4) is 0 Å². The lowest BCUT2D eigenvalue weighted by Gasteiger charge is -2.12. The Morgan fingerprint density at radius 2 is 1.62 bits per heavy atom. The fourth-order valence-corrected chi connectivity index (χ4v) is 3.06. The number of hydrogen-bond donors (Lipinski definition) is 2. The van der Waals surface area contributed by atoms with E-state index in [1.165, 1.54) is 13.0 Å². The van der Waals surface area contributed by atoms with Crippen molar-refractivity contribution in [3.05, 3.63) is 76.1 Å². The van der Waals surface area contributed by atoms with Gasteiger partial charge >= 0.3 is 0 Å². The van der Waals surface area contributed by atoms with Crippen LogP contribution in [0.25, 0.3) is 11.3 Å². The minimum absolute atomic E-state index is 0.0746. The van der Waals surface area contributed by atoms with Crippen molar-refractivity contribution in [2.24, 2.45) is 0 Å². The van der Waals surface area contributed by atoms with Crippen LogP contribution < -0.4 is 16.2 Å². The molecule has 0 unspecified atom stereocenters. The first kappa shape index (κ1) is 20.0. The van der Waals surface area contributed by atoms with Gasteiger partial charge in [-0.1, -0.05) is 36.4 Å². The highest BCUT2D eigenvalue weighted by Crippen LogP contribution is 2.18. The SMILES string of the molecule is CC(=O)Nc1cc(-c2ccccc2)nn(CC(=O)Nc2cc(C)cc(C)c2)c1=O. The summed E-state index contributed by atoms with van der Waals surface area (Å²) >= 11 is 0. The number of benzene rings is 2. The van der Waals surface area contributed by atoms with Crippen LogP contribution in [0.15, 0.2) is 59.4 Å². The van der Waals surface area contributed by atoms with Gasteiger partial charge in [0.2, 0.25) is 11.8 Å². The molecule has 3 aromatic rings. The molecule has 148 valence electrons. The molecular formula is C22H22N4O3. The van der Waals surface area contributed by atoms with Gasteiger partial charge in [-0.25, -0.2) is 4.68 Å². The molecule has 0 fully saturated rings. The van der Waals surface area contributed by atoms with Gasteiger partial charge < -0.3 is 10.6 Å². The maximum Gasteiger partial charge on any atom is 0.291 e. The molecule has 0 aliphatic heterocycles. The van der Waals surface area contributed by atoms with Gasteiger partial charge in [0.15, 0.2) is 0 Å². The number of nitrogens with one attached hydrogen (secondary N) is 2. The number of rotatable bonds is 5. The second kappa shape index (κ2) is 8.52. The standard InChI is InChI=1S/C22H22N4O3/c1-14-9-15(2)11-18(10-14)24-21(28)13-26-22(29)20(23-16(3)27)12-19(25-26)17-7-5-4-6-8-17/h4-12H,13H2,1-3H3,(H,23,27)(H,24,28). The van der Waals surface area contributed by atoms with Gasteiger partial charge in [0, 0.05) is 18.2 Å². The lowest BCUT2D eigenvalue weighted by Crippen LogP contribution is -2.32. The highest BCUT2D eigenvalue weighted by molar-refractivity contribution is 5.91. The van der Waals surface area contributed by atoms with Crippen LogP contribution in [0.1, 0.15) is 18.1 Å². The Labute approximate surface area is 168 Å². The Hall–Kier alpha value is -3.74. The summed E-state index contributed by atoms with van der Waals surface area (Å²) in [6.07, 6.45) is 0. The first-order valence-corrected chi connectivity index (χ1v) is 9.15. The summed E-state index contributed by atoms with van der Waals surface area (Å²) in [6.45, 7) is 4.92. The molecule has 0 saturated carbocycles. The predicted molar refractivity (Wildman–Crippen MR) is 113 cm³/mol. The number of carbonyl (C=O) groups is 2. The van der Waals surface area contributed by atoms with Gasteiger partial charge in [-0.05, 0) is 43.2 Å². The second-order valence-corrected chi connectivity index (χ2v) is 6.88. The van der Waals surface area contributed by atoms with Gasteiger partial charge in [0.1, 0.15) is 12.2 Å². The van der Waals surface area contributed by atoms with Crippen molar-refractivity contribution in [3.8, 4) is 11.3 Å². The molecule has 0 saturated heterocycles. The topological polar surface area (TPSA) is 93.1 Å². The number of hydrogen-bond acceptors (Lipinski definition) is 4. The van der Waals surface area contributed by atoms with Crippen molar-refractivity contribution in [1.82, 2.24) is 9.78 Å². The Morgan fingerprint density at radius 3 is 2.24 bits per heavy atom. The Morgan fingerprint density at radius 1 is 0.966 bits per heavy atom.